The number of aromatic nitrogens is 2. The van der Waals surface area contributed by atoms with Gasteiger partial charge >= 0.3 is 5.69 Å². The van der Waals surface area contributed by atoms with Crippen molar-refractivity contribution in [1.29, 1.82) is 0 Å². The second kappa shape index (κ2) is 8.03. The molecule has 10 nitrogen and oxygen atoms in total. The van der Waals surface area contributed by atoms with E-state index in [1.54, 1.807) is 0 Å². The molecule has 170 valence electrons. The Bertz CT molecular complexity index is 967. The van der Waals surface area contributed by atoms with Gasteiger partial charge in [0.1, 0.15) is 0 Å². The molecule has 31 heavy (non-hydrogen) atoms. The highest BCUT2D eigenvalue weighted by molar-refractivity contribution is 6.74. The van der Waals surface area contributed by atoms with Crippen molar-refractivity contribution in [1.82, 2.24) is 9.97 Å². The van der Waals surface area contributed by atoms with E-state index in [2.05, 4.69) is 43.8 Å². The lowest BCUT2D eigenvalue weighted by molar-refractivity contribution is -0.384. The molecule has 2 fully saturated rings. The van der Waals surface area contributed by atoms with E-state index in [0.29, 0.717) is 62.5 Å². The first kappa shape index (κ1) is 22.0. The van der Waals surface area contributed by atoms with Gasteiger partial charge < -0.3 is 23.4 Å². The summed E-state index contributed by atoms with van der Waals surface area (Å²) in [4.78, 5) is 24.4. The quantitative estimate of drug-likeness (QED) is 0.384. The first-order chi connectivity index (χ1) is 14.5. The molecule has 2 aliphatic heterocycles. The van der Waals surface area contributed by atoms with Gasteiger partial charge in [-0.05, 0) is 24.6 Å². The van der Waals surface area contributed by atoms with Crippen molar-refractivity contribution in [2.45, 2.75) is 51.4 Å². The maximum absolute atomic E-state index is 11.8. The first-order valence-electron chi connectivity index (χ1n) is 10.8. The summed E-state index contributed by atoms with van der Waals surface area (Å²) in [6.07, 6.45) is 0.862. The second-order valence-corrected chi connectivity index (χ2v) is 14.5. The van der Waals surface area contributed by atoms with Crippen LogP contribution < -0.4 is 9.80 Å². The number of fused-ring (bicyclic) bond motifs is 1. The van der Waals surface area contributed by atoms with Crippen LogP contribution in [0.5, 0.6) is 0 Å². The Hall–Kier alpha value is -2.24. The predicted octanol–water partition coefficient (Wildman–Crippen LogP) is 3.57. The number of hydrogen-bond donors (Lipinski definition) is 0. The molecule has 1 unspecified atom stereocenters. The van der Waals surface area contributed by atoms with Crippen molar-refractivity contribution in [2.24, 2.45) is 0 Å². The van der Waals surface area contributed by atoms with E-state index in [1.807, 2.05) is 9.80 Å². The van der Waals surface area contributed by atoms with Crippen LogP contribution in [0.25, 0.3) is 11.2 Å². The molecular weight excluding hydrogens is 418 g/mol. The Labute approximate surface area is 182 Å². The first-order valence-corrected chi connectivity index (χ1v) is 13.7. The van der Waals surface area contributed by atoms with E-state index < -0.39 is 13.2 Å². The largest absolute Gasteiger partial charge is 0.421 e. The fourth-order valence-corrected chi connectivity index (χ4v) is 5.08. The number of nitro groups is 1. The van der Waals surface area contributed by atoms with Gasteiger partial charge in [0.05, 0.1) is 30.3 Å². The second-order valence-electron chi connectivity index (χ2n) is 9.74. The van der Waals surface area contributed by atoms with Gasteiger partial charge in [0.25, 0.3) is 6.01 Å². The summed E-state index contributed by atoms with van der Waals surface area (Å²) in [5.74, 6) is 0.334. The summed E-state index contributed by atoms with van der Waals surface area (Å²) in [6, 6.07) is 1.87. The monoisotopic (exact) mass is 449 g/mol. The van der Waals surface area contributed by atoms with Crippen molar-refractivity contribution < 1.29 is 18.5 Å². The van der Waals surface area contributed by atoms with Gasteiger partial charge in [-0.25, -0.2) is 4.98 Å². The van der Waals surface area contributed by atoms with Gasteiger partial charge in [-0.1, -0.05) is 20.8 Å². The third-order valence-corrected chi connectivity index (χ3v) is 11.1. The molecular formula is C20H31N5O5Si. The molecule has 1 atom stereocenters. The van der Waals surface area contributed by atoms with Crippen molar-refractivity contribution in [3.63, 3.8) is 0 Å². The van der Waals surface area contributed by atoms with Gasteiger partial charge in [0.15, 0.2) is 13.9 Å². The SMILES string of the molecule is CC(C)(C)[Si](C)(C)OC1CCN(c2nc3nc(N4CCOCC4)oc3cc2[N+](=O)[O-])C1. The highest BCUT2D eigenvalue weighted by Gasteiger charge is 2.41. The third-order valence-electron chi connectivity index (χ3n) is 6.52. The van der Waals surface area contributed by atoms with Crippen molar-refractivity contribution in [3.8, 4) is 0 Å². The number of hydrogen-bond acceptors (Lipinski definition) is 9. The van der Waals surface area contributed by atoms with Crippen LogP contribution in [0.4, 0.5) is 17.5 Å². The maximum atomic E-state index is 11.8. The van der Waals surface area contributed by atoms with E-state index in [0.717, 1.165) is 6.42 Å². The molecule has 2 saturated heterocycles. The van der Waals surface area contributed by atoms with E-state index >= 15 is 0 Å². The lowest BCUT2D eigenvalue weighted by atomic mass is 10.2. The number of ether oxygens (including phenoxy) is 1. The van der Waals surface area contributed by atoms with Crippen LogP contribution in [0.3, 0.4) is 0 Å². The molecule has 0 N–H and O–H groups in total. The van der Waals surface area contributed by atoms with E-state index in [4.69, 9.17) is 13.6 Å². The number of nitrogens with zero attached hydrogens (tertiary/aromatic N) is 5. The standard InChI is InChI=1S/C20H31N5O5Si/c1-20(2,3)31(4,5)30-14-6-7-24(13-14)18-15(25(26)27)12-16-17(21-18)22-19(29-16)23-8-10-28-11-9-23/h12,14H,6-11,13H2,1-5H3. The molecule has 0 spiro atoms. The van der Waals surface area contributed by atoms with E-state index in [1.165, 1.54) is 6.07 Å². The molecule has 2 aromatic rings. The lowest BCUT2D eigenvalue weighted by Crippen LogP contribution is -2.44. The minimum atomic E-state index is -1.92. The Balaban J connectivity index is 1.59. The molecule has 4 rings (SSSR count). The molecule has 0 saturated carbocycles. The Morgan fingerprint density at radius 3 is 2.55 bits per heavy atom. The Morgan fingerprint density at radius 2 is 1.90 bits per heavy atom. The van der Waals surface area contributed by atoms with Gasteiger partial charge in [-0.2, -0.15) is 4.98 Å². The normalized spacial score (nSPS) is 20.6. The highest BCUT2D eigenvalue weighted by Crippen LogP contribution is 2.39. The molecule has 2 aliphatic rings. The molecule has 0 aromatic carbocycles. The van der Waals surface area contributed by atoms with Crippen molar-refractivity contribution >= 4 is 37.1 Å². The molecule has 4 heterocycles. The van der Waals surface area contributed by atoms with Crippen LogP contribution in [0.2, 0.25) is 18.1 Å². The minimum Gasteiger partial charge on any atom is -0.421 e. The zero-order valence-corrected chi connectivity index (χ0v) is 19.9. The van der Waals surface area contributed by atoms with Crippen LogP contribution in [-0.4, -0.2) is 68.7 Å². The topological polar surface area (TPSA) is 107 Å². The molecule has 11 heteroatoms. The summed E-state index contributed by atoms with van der Waals surface area (Å²) >= 11 is 0. The molecule has 2 aromatic heterocycles. The van der Waals surface area contributed by atoms with Crippen molar-refractivity contribution in [2.75, 3.05) is 49.2 Å². The highest BCUT2D eigenvalue weighted by atomic mass is 28.4. The van der Waals surface area contributed by atoms with Gasteiger partial charge in [0.2, 0.25) is 11.5 Å². The van der Waals surface area contributed by atoms with Crippen LogP contribution in [0.1, 0.15) is 27.2 Å². The Kier molecular flexibility index (Phi) is 5.69. The molecule has 0 radical (unpaired) electrons. The summed E-state index contributed by atoms with van der Waals surface area (Å²) in [5.41, 5.74) is 0.645. The molecule has 0 amide bonds. The average molecular weight is 450 g/mol. The number of pyridine rings is 1. The summed E-state index contributed by atoms with van der Waals surface area (Å²) in [7, 11) is -1.92. The summed E-state index contributed by atoms with van der Waals surface area (Å²) in [6.45, 7) is 14.9. The van der Waals surface area contributed by atoms with Crippen LogP contribution in [-0.2, 0) is 9.16 Å². The zero-order chi connectivity index (χ0) is 22.4. The smallest absolute Gasteiger partial charge is 0.315 e. The van der Waals surface area contributed by atoms with E-state index in [-0.39, 0.29) is 16.8 Å². The average Bonchev–Trinajstić information content (AvgIpc) is 3.32. The fraction of sp³-hybridized carbons (Fsp3) is 0.700. The number of anilines is 2. The van der Waals surface area contributed by atoms with Crippen LogP contribution in [0, 0.1) is 10.1 Å². The molecule has 0 aliphatic carbocycles. The summed E-state index contributed by atoms with van der Waals surface area (Å²) in [5, 5.41) is 11.9. The fourth-order valence-electron chi connectivity index (χ4n) is 3.70. The lowest BCUT2D eigenvalue weighted by Gasteiger charge is -2.38. The summed E-state index contributed by atoms with van der Waals surface area (Å²) < 4.78 is 17.7. The number of rotatable bonds is 5. The van der Waals surface area contributed by atoms with Crippen molar-refractivity contribution in [3.05, 3.63) is 16.2 Å². The maximum Gasteiger partial charge on any atom is 0.315 e. The third kappa shape index (κ3) is 4.39. The van der Waals surface area contributed by atoms with Crippen LogP contribution >= 0.6 is 0 Å². The van der Waals surface area contributed by atoms with Gasteiger partial charge in [0, 0.05) is 26.2 Å². The van der Waals surface area contributed by atoms with Gasteiger partial charge in [-0.3, -0.25) is 10.1 Å². The molecule has 0 bridgehead atoms. The zero-order valence-electron chi connectivity index (χ0n) is 18.9. The van der Waals surface area contributed by atoms with E-state index in [9.17, 15) is 10.1 Å². The van der Waals surface area contributed by atoms with Crippen LogP contribution in [0.15, 0.2) is 10.5 Å². The Morgan fingerprint density at radius 1 is 1.19 bits per heavy atom. The van der Waals surface area contributed by atoms with Gasteiger partial charge in [-0.15, -0.1) is 0 Å². The number of morpholine rings is 1. The minimum absolute atomic E-state index is 0.0409. The number of oxazole rings is 1. The predicted molar refractivity (Wildman–Crippen MR) is 120 cm³/mol.